The zero-order valence-electron chi connectivity index (χ0n) is 11.4. The van der Waals surface area contributed by atoms with Gasteiger partial charge in [-0.15, -0.1) is 0 Å². The third kappa shape index (κ3) is 2.98. The highest BCUT2D eigenvalue weighted by Gasteiger charge is 2.20. The highest BCUT2D eigenvalue weighted by Crippen LogP contribution is 2.27. The zero-order chi connectivity index (χ0) is 13.1. The Labute approximate surface area is 115 Å². The second-order valence-corrected chi connectivity index (χ2v) is 5.61. The minimum atomic E-state index is 0.384. The van der Waals surface area contributed by atoms with Gasteiger partial charge in [-0.3, -0.25) is 4.98 Å². The van der Waals surface area contributed by atoms with Crippen molar-refractivity contribution in [1.29, 1.82) is 0 Å². The molecule has 1 N–H and O–H groups in total. The van der Waals surface area contributed by atoms with Crippen LogP contribution in [-0.2, 0) is 0 Å². The maximum atomic E-state index is 6.00. The van der Waals surface area contributed by atoms with E-state index in [2.05, 4.69) is 22.9 Å². The summed E-state index contributed by atoms with van der Waals surface area (Å²) in [5, 5.41) is 3.48. The van der Waals surface area contributed by atoms with E-state index in [4.69, 9.17) is 4.74 Å². The van der Waals surface area contributed by atoms with Gasteiger partial charge in [-0.1, -0.05) is 6.58 Å². The Morgan fingerprint density at radius 2 is 2.05 bits per heavy atom. The number of nitrogens with zero attached hydrogens (tertiary/aromatic N) is 1. The molecule has 1 saturated heterocycles. The predicted molar refractivity (Wildman–Crippen MR) is 77.2 cm³/mol. The second kappa shape index (κ2) is 5.74. The van der Waals surface area contributed by atoms with Crippen molar-refractivity contribution in [3.8, 4) is 5.75 Å². The van der Waals surface area contributed by atoms with Crippen molar-refractivity contribution < 1.29 is 4.74 Å². The molecule has 102 valence electrons. The van der Waals surface area contributed by atoms with Gasteiger partial charge in [0.15, 0.2) is 0 Å². The Kier molecular flexibility index (Phi) is 3.83. The van der Waals surface area contributed by atoms with Gasteiger partial charge >= 0.3 is 0 Å². The van der Waals surface area contributed by atoms with Crippen molar-refractivity contribution in [3.63, 3.8) is 0 Å². The Morgan fingerprint density at radius 1 is 1.21 bits per heavy atom. The molecule has 3 heteroatoms. The monoisotopic (exact) mass is 258 g/mol. The van der Waals surface area contributed by atoms with E-state index in [1.54, 1.807) is 0 Å². The molecule has 2 heterocycles. The van der Waals surface area contributed by atoms with E-state index in [-0.39, 0.29) is 0 Å². The molecule has 1 aliphatic carbocycles. The van der Waals surface area contributed by atoms with Gasteiger partial charge in [-0.05, 0) is 56.7 Å². The van der Waals surface area contributed by atoms with Crippen molar-refractivity contribution in [2.75, 3.05) is 6.54 Å². The smallest absolute Gasteiger partial charge is 0.138 e. The molecule has 0 spiro atoms. The van der Waals surface area contributed by atoms with E-state index in [0.29, 0.717) is 12.1 Å². The Balaban J connectivity index is 1.69. The van der Waals surface area contributed by atoms with Crippen molar-refractivity contribution in [1.82, 2.24) is 10.3 Å². The number of pyridine rings is 1. The highest BCUT2D eigenvalue weighted by atomic mass is 16.5. The summed E-state index contributed by atoms with van der Waals surface area (Å²) in [5.41, 5.74) is 2.25. The summed E-state index contributed by atoms with van der Waals surface area (Å²) in [6.07, 6.45) is 11.4. The zero-order valence-corrected chi connectivity index (χ0v) is 11.4. The van der Waals surface area contributed by atoms with E-state index < -0.39 is 0 Å². The molecule has 1 aliphatic heterocycles. The van der Waals surface area contributed by atoms with Crippen LogP contribution in [0.3, 0.4) is 0 Å². The van der Waals surface area contributed by atoms with Gasteiger partial charge in [0.05, 0.1) is 12.3 Å². The first-order valence-electron chi connectivity index (χ1n) is 7.37. The van der Waals surface area contributed by atoms with Gasteiger partial charge in [0.2, 0.25) is 0 Å². The minimum Gasteiger partial charge on any atom is -0.489 e. The van der Waals surface area contributed by atoms with Crippen LogP contribution in [0.1, 0.15) is 44.1 Å². The average Bonchev–Trinajstić information content (AvgIpc) is 3.11. The van der Waals surface area contributed by atoms with Crippen LogP contribution in [0.5, 0.6) is 5.75 Å². The van der Waals surface area contributed by atoms with Crippen LogP contribution in [0, 0.1) is 0 Å². The lowest BCUT2D eigenvalue weighted by Crippen LogP contribution is -2.22. The molecule has 2 fully saturated rings. The normalized spacial score (nSPS) is 23.7. The molecule has 1 aromatic rings. The van der Waals surface area contributed by atoms with Crippen molar-refractivity contribution in [2.24, 2.45) is 0 Å². The molecule has 0 unspecified atom stereocenters. The van der Waals surface area contributed by atoms with Crippen molar-refractivity contribution >= 4 is 5.57 Å². The molecular formula is C16H22N2O. The minimum absolute atomic E-state index is 0.384. The van der Waals surface area contributed by atoms with E-state index in [0.717, 1.165) is 23.4 Å². The second-order valence-electron chi connectivity index (χ2n) is 5.61. The van der Waals surface area contributed by atoms with Crippen LogP contribution in [0.4, 0.5) is 0 Å². The van der Waals surface area contributed by atoms with Gasteiger partial charge in [0.1, 0.15) is 5.75 Å². The first kappa shape index (κ1) is 12.7. The molecule has 1 aromatic heterocycles. The lowest BCUT2D eigenvalue weighted by Gasteiger charge is -2.16. The Bertz CT molecular complexity index is 446. The van der Waals surface area contributed by atoms with E-state index >= 15 is 0 Å². The summed E-state index contributed by atoms with van der Waals surface area (Å²) < 4.78 is 6.00. The Morgan fingerprint density at radius 3 is 2.79 bits per heavy atom. The van der Waals surface area contributed by atoms with Crippen LogP contribution in [0.15, 0.2) is 25.0 Å². The summed E-state index contributed by atoms with van der Waals surface area (Å²) >= 11 is 0. The highest BCUT2D eigenvalue weighted by molar-refractivity contribution is 5.68. The average molecular weight is 258 g/mol. The fourth-order valence-electron chi connectivity index (χ4n) is 3.04. The molecule has 1 atom stereocenters. The van der Waals surface area contributed by atoms with Gasteiger partial charge < -0.3 is 10.1 Å². The molecule has 0 radical (unpaired) electrons. The number of ether oxygens (including phenoxy) is 1. The van der Waals surface area contributed by atoms with Crippen molar-refractivity contribution in [2.45, 2.75) is 50.7 Å². The van der Waals surface area contributed by atoms with Gasteiger partial charge in [-0.25, -0.2) is 0 Å². The first-order chi connectivity index (χ1) is 9.33. The van der Waals surface area contributed by atoms with Gasteiger partial charge in [0.25, 0.3) is 0 Å². The lowest BCUT2D eigenvalue weighted by molar-refractivity contribution is 0.209. The van der Waals surface area contributed by atoms with E-state index in [1.807, 2.05) is 12.4 Å². The standard InChI is InChI=1S/C16H22N2O/c1-12(16-7-4-8-18-16)13-9-15(11-17-10-13)19-14-5-2-3-6-14/h9-11,14,16,18H,1-8H2/t16-/m1/s1. The summed E-state index contributed by atoms with van der Waals surface area (Å²) in [7, 11) is 0. The SMILES string of the molecule is C=C(c1cncc(OC2CCCC2)c1)[C@H]1CCCN1. The predicted octanol–water partition coefficient (Wildman–Crippen LogP) is 3.17. The molecule has 0 bridgehead atoms. The molecule has 1 saturated carbocycles. The summed E-state index contributed by atoms with van der Waals surface area (Å²) in [6.45, 7) is 5.31. The maximum Gasteiger partial charge on any atom is 0.138 e. The van der Waals surface area contributed by atoms with Crippen LogP contribution in [-0.4, -0.2) is 23.7 Å². The number of aromatic nitrogens is 1. The third-order valence-electron chi connectivity index (χ3n) is 4.17. The molecule has 2 aliphatic rings. The van der Waals surface area contributed by atoms with Crippen LogP contribution < -0.4 is 10.1 Å². The number of hydrogen-bond acceptors (Lipinski definition) is 3. The van der Waals surface area contributed by atoms with Crippen LogP contribution >= 0.6 is 0 Å². The van der Waals surface area contributed by atoms with Gasteiger partial charge in [-0.2, -0.15) is 0 Å². The first-order valence-corrected chi connectivity index (χ1v) is 7.37. The number of rotatable bonds is 4. The maximum absolute atomic E-state index is 6.00. The number of nitrogens with one attached hydrogen (secondary N) is 1. The fourth-order valence-corrected chi connectivity index (χ4v) is 3.04. The van der Waals surface area contributed by atoms with E-state index in [9.17, 15) is 0 Å². The molecular weight excluding hydrogens is 236 g/mol. The largest absolute Gasteiger partial charge is 0.489 e. The quantitative estimate of drug-likeness (QED) is 0.900. The molecule has 3 rings (SSSR count). The molecule has 19 heavy (non-hydrogen) atoms. The fraction of sp³-hybridized carbons (Fsp3) is 0.562. The van der Waals surface area contributed by atoms with Crippen molar-refractivity contribution in [3.05, 3.63) is 30.6 Å². The number of hydrogen-bond donors (Lipinski definition) is 1. The van der Waals surface area contributed by atoms with Gasteiger partial charge in [0, 0.05) is 17.8 Å². The summed E-state index contributed by atoms with van der Waals surface area (Å²) in [5.74, 6) is 0.892. The van der Waals surface area contributed by atoms with Crippen LogP contribution in [0.25, 0.3) is 5.57 Å². The Hall–Kier alpha value is -1.35. The summed E-state index contributed by atoms with van der Waals surface area (Å²) in [6, 6.07) is 2.50. The topological polar surface area (TPSA) is 34.1 Å². The molecule has 3 nitrogen and oxygen atoms in total. The summed E-state index contributed by atoms with van der Waals surface area (Å²) in [4.78, 5) is 4.31. The third-order valence-corrected chi connectivity index (χ3v) is 4.17. The molecule has 0 amide bonds. The lowest BCUT2D eigenvalue weighted by atomic mass is 10.0. The molecule has 0 aromatic carbocycles. The van der Waals surface area contributed by atoms with Crippen LogP contribution in [0.2, 0.25) is 0 Å². The van der Waals surface area contributed by atoms with E-state index in [1.165, 1.54) is 38.5 Å².